The van der Waals surface area contributed by atoms with Crippen LogP contribution in [0.2, 0.25) is 0 Å². The summed E-state index contributed by atoms with van der Waals surface area (Å²) in [5.41, 5.74) is 11.6. The summed E-state index contributed by atoms with van der Waals surface area (Å²) in [5, 5.41) is 3.08. The number of hydrogen-bond donors (Lipinski definition) is 3. The molecule has 0 aliphatic heterocycles. The highest BCUT2D eigenvalue weighted by molar-refractivity contribution is 5.98. The summed E-state index contributed by atoms with van der Waals surface area (Å²) in [5.74, 6) is -0.0813. The first-order chi connectivity index (χ1) is 9.65. The minimum absolute atomic E-state index is 0.307. The van der Waals surface area contributed by atoms with E-state index in [0.717, 1.165) is 12.8 Å². The first kappa shape index (κ1) is 16.2. The number of nitrogens with two attached hydrogens (primary N) is 2. The maximum absolute atomic E-state index is 11.3. The van der Waals surface area contributed by atoms with Crippen LogP contribution in [0, 0.1) is 0 Å². The van der Waals surface area contributed by atoms with E-state index in [2.05, 4.69) is 10.3 Å². The Morgan fingerprint density at radius 2 is 2.15 bits per heavy atom. The third kappa shape index (κ3) is 5.85. The summed E-state index contributed by atoms with van der Waals surface area (Å²) in [6.45, 7) is 2.58. The molecule has 1 aromatic heterocycles. The number of nitrogens with zero attached hydrogens (tertiary/aromatic N) is 1. The Morgan fingerprint density at radius 1 is 1.35 bits per heavy atom. The predicted molar refractivity (Wildman–Crippen MR) is 77.6 cm³/mol. The number of primary amides is 1. The molecule has 112 valence electrons. The number of hydrogen-bond acceptors (Lipinski definition) is 6. The molecule has 0 aliphatic carbocycles. The molecular formula is C13H22N4O3. The first-order valence-corrected chi connectivity index (χ1v) is 6.51. The topological polar surface area (TPSA) is 112 Å². The molecule has 1 heterocycles. The van der Waals surface area contributed by atoms with E-state index in [1.165, 1.54) is 12.3 Å². The van der Waals surface area contributed by atoms with Crippen molar-refractivity contribution in [3.63, 3.8) is 0 Å². The number of anilines is 2. The third-order valence-electron chi connectivity index (χ3n) is 2.61. The number of nitrogens with one attached hydrogen (secondary N) is 1. The molecule has 7 nitrogen and oxygen atoms in total. The molecule has 0 bridgehead atoms. The molecule has 20 heavy (non-hydrogen) atoms. The van der Waals surface area contributed by atoms with Crippen LogP contribution in [-0.4, -0.2) is 44.4 Å². The zero-order chi connectivity index (χ0) is 14.8. The molecule has 5 N–H and O–H groups in total. The van der Waals surface area contributed by atoms with E-state index in [1.54, 1.807) is 7.11 Å². The molecule has 0 aliphatic rings. The number of unbranched alkanes of at least 4 members (excludes halogenated alkanes) is 1. The normalized spacial score (nSPS) is 10.4. The lowest BCUT2D eigenvalue weighted by molar-refractivity contribution is 0.0691. The van der Waals surface area contributed by atoms with Crippen molar-refractivity contribution in [1.82, 2.24) is 4.98 Å². The number of carbonyl (C=O) groups is 1. The van der Waals surface area contributed by atoms with Gasteiger partial charge in [-0.25, -0.2) is 4.98 Å². The van der Waals surface area contributed by atoms with Gasteiger partial charge in [0.2, 0.25) is 0 Å². The number of ether oxygens (including phenoxy) is 2. The molecule has 1 aromatic rings. The largest absolute Gasteiger partial charge is 0.397 e. The second kappa shape index (κ2) is 9.11. The second-order valence-corrected chi connectivity index (χ2v) is 4.27. The number of pyridine rings is 1. The number of nitrogen functional groups attached to an aromatic ring is 1. The van der Waals surface area contributed by atoms with Gasteiger partial charge in [0, 0.05) is 20.3 Å². The van der Waals surface area contributed by atoms with E-state index < -0.39 is 5.91 Å². The number of amides is 1. The molecule has 0 spiro atoms. The lowest BCUT2D eigenvalue weighted by Gasteiger charge is -2.09. The Morgan fingerprint density at radius 3 is 2.85 bits per heavy atom. The monoisotopic (exact) mass is 282 g/mol. The van der Waals surface area contributed by atoms with Crippen LogP contribution >= 0.6 is 0 Å². The summed E-state index contributed by atoms with van der Waals surface area (Å²) >= 11 is 0. The molecule has 0 saturated carbocycles. The standard InChI is InChI=1S/C13H22N4O3/c1-19-6-7-20-5-3-2-4-16-13-11(12(15)18)8-10(14)9-17-13/h8-9H,2-7,14H2,1H3,(H2,15,18)(H,16,17). The Labute approximate surface area is 118 Å². The number of methoxy groups -OCH3 is 1. The van der Waals surface area contributed by atoms with Crippen molar-refractivity contribution in [2.75, 3.05) is 44.5 Å². The molecule has 1 amide bonds. The zero-order valence-electron chi connectivity index (χ0n) is 11.7. The molecule has 0 fully saturated rings. The lowest BCUT2D eigenvalue weighted by atomic mass is 10.2. The molecular weight excluding hydrogens is 260 g/mol. The van der Waals surface area contributed by atoms with Crippen LogP contribution < -0.4 is 16.8 Å². The maximum Gasteiger partial charge on any atom is 0.252 e. The summed E-state index contributed by atoms with van der Waals surface area (Å²) < 4.78 is 10.2. The number of aromatic nitrogens is 1. The van der Waals surface area contributed by atoms with Crippen molar-refractivity contribution >= 4 is 17.4 Å². The van der Waals surface area contributed by atoms with Crippen molar-refractivity contribution < 1.29 is 14.3 Å². The summed E-state index contributed by atoms with van der Waals surface area (Å²) in [7, 11) is 1.64. The third-order valence-corrected chi connectivity index (χ3v) is 2.61. The van der Waals surface area contributed by atoms with Crippen LogP contribution in [-0.2, 0) is 9.47 Å². The number of carbonyl (C=O) groups excluding carboxylic acids is 1. The van der Waals surface area contributed by atoms with Crippen molar-refractivity contribution in [2.24, 2.45) is 5.73 Å². The minimum atomic E-state index is -0.546. The van der Waals surface area contributed by atoms with Crippen LogP contribution in [0.3, 0.4) is 0 Å². The van der Waals surface area contributed by atoms with Gasteiger partial charge in [0.05, 0.1) is 30.7 Å². The average molecular weight is 282 g/mol. The minimum Gasteiger partial charge on any atom is -0.397 e. The molecule has 0 unspecified atom stereocenters. The van der Waals surface area contributed by atoms with Gasteiger partial charge in [0.1, 0.15) is 5.82 Å². The van der Waals surface area contributed by atoms with E-state index in [4.69, 9.17) is 20.9 Å². The van der Waals surface area contributed by atoms with Gasteiger partial charge in [-0.05, 0) is 18.9 Å². The van der Waals surface area contributed by atoms with E-state index in [-0.39, 0.29) is 0 Å². The highest BCUT2D eigenvalue weighted by Crippen LogP contribution is 2.14. The zero-order valence-corrected chi connectivity index (χ0v) is 11.7. The highest BCUT2D eigenvalue weighted by Gasteiger charge is 2.09. The summed E-state index contributed by atoms with van der Waals surface area (Å²) in [6, 6.07) is 1.52. The van der Waals surface area contributed by atoms with Crippen molar-refractivity contribution in [2.45, 2.75) is 12.8 Å². The fraction of sp³-hybridized carbons (Fsp3) is 0.538. The van der Waals surface area contributed by atoms with E-state index in [0.29, 0.717) is 43.4 Å². The second-order valence-electron chi connectivity index (χ2n) is 4.27. The summed E-state index contributed by atoms with van der Waals surface area (Å²) in [4.78, 5) is 15.3. The highest BCUT2D eigenvalue weighted by atomic mass is 16.5. The van der Waals surface area contributed by atoms with Crippen LogP contribution in [0.25, 0.3) is 0 Å². The average Bonchev–Trinajstić information content (AvgIpc) is 2.43. The van der Waals surface area contributed by atoms with Gasteiger partial charge in [-0.2, -0.15) is 0 Å². The predicted octanol–water partition coefficient (Wildman–Crippen LogP) is 0.618. The van der Waals surface area contributed by atoms with Crippen LogP contribution in [0.5, 0.6) is 0 Å². The molecule has 0 saturated heterocycles. The molecule has 0 radical (unpaired) electrons. The molecule has 0 atom stereocenters. The lowest BCUT2D eigenvalue weighted by Crippen LogP contribution is -2.16. The van der Waals surface area contributed by atoms with Gasteiger partial charge in [-0.1, -0.05) is 0 Å². The van der Waals surface area contributed by atoms with Crippen molar-refractivity contribution in [3.05, 3.63) is 17.8 Å². The first-order valence-electron chi connectivity index (χ1n) is 6.51. The van der Waals surface area contributed by atoms with Gasteiger partial charge in [0.15, 0.2) is 0 Å². The van der Waals surface area contributed by atoms with E-state index in [1.807, 2.05) is 0 Å². The Hall–Kier alpha value is -1.86. The Balaban J connectivity index is 2.27. The SMILES string of the molecule is COCCOCCCCNc1ncc(N)cc1C(N)=O. The molecule has 1 rings (SSSR count). The quantitative estimate of drug-likeness (QED) is 0.542. The van der Waals surface area contributed by atoms with E-state index in [9.17, 15) is 4.79 Å². The van der Waals surface area contributed by atoms with Crippen molar-refractivity contribution in [1.29, 1.82) is 0 Å². The number of rotatable bonds is 10. The van der Waals surface area contributed by atoms with Gasteiger partial charge < -0.3 is 26.3 Å². The molecule has 0 aromatic carbocycles. The Kier molecular flexibility index (Phi) is 7.38. The maximum atomic E-state index is 11.3. The van der Waals surface area contributed by atoms with Crippen LogP contribution in [0.4, 0.5) is 11.5 Å². The van der Waals surface area contributed by atoms with Gasteiger partial charge in [-0.15, -0.1) is 0 Å². The van der Waals surface area contributed by atoms with E-state index >= 15 is 0 Å². The summed E-state index contributed by atoms with van der Waals surface area (Å²) in [6.07, 6.45) is 3.30. The van der Waals surface area contributed by atoms with Crippen LogP contribution in [0.15, 0.2) is 12.3 Å². The fourth-order valence-electron chi connectivity index (χ4n) is 1.59. The smallest absolute Gasteiger partial charge is 0.252 e. The molecule has 7 heteroatoms. The Bertz CT molecular complexity index is 426. The van der Waals surface area contributed by atoms with Gasteiger partial charge >= 0.3 is 0 Å². The van der Waals surface area contributed by atoms with Gasteiger partial charge in [-0.3, -0.25) is 4.79 Å². The fourth-order valence-corrected chi connectivity index (χ4v) is 1.59. The van der Waals surface area contributed by atoms with Gasteiger partial charge in [0.25, 0.3) is 5.91 Å². The van der Waals surface area contributed by atoms with Crippen molar-refractivity contribution in [3.8, 4) is 0 Å². The van der Waals surface area contributed by atoms with Crippen LogP contribution in [0.1, 0.15) is 23.2 Å².